The number of ether oxygens (including phenoxy) is 2. The fourth-order valence-electron chi connectivity index (χ4n) is 1.62. The van der Waals surface area contributed by atoms with E-state index in [-0.39, 0.29) is 0 Å². The van der Waals surface area contributed by atoms with E-state index in [1.165, 1.54) is 0 Å². The van der Waals surface area contributed by atoms with Gasteiger partial charge in [-0.15, -0.1) is 0 Å². The normalized spacial score (nSPS) is 10.4. The first kappa shape index (κ1) is 10.8. The van der Waals surface area contributed by atoms with E-state index in [4.69, 9.17) is 21.1 Å². The number of aldehydes is 1. The number of nitrogens with one attached hydrogen (secondary N) is 1. The van der Waals surface area contributed by atoms with Gasteiger partial charge in [0.1, 0.15) is 16.7 Å². The second kappa shape index (κ2) is 4.06. The van der Waals surface area contributed by atoms with Crippen LogP contribution in [0.25, 0.3) is 10.9 Å². The topological polar surface area (TPSA) is 51.3 Å². The molecule has 0 aliphatic rings. The molecule has 16 heavy (non-hydrogen) atoms. The number of carbonyl (C=O) groups is 1. The van der Waals surface area contributed by atoms with Crippen molar-refractivity contribution in [1.82, 2.24) is 4.98 Å². The number of benzene rings is 1. The second-order valence-corrected chi connectivity index (χ2v) is 3.60. The summed E-state index contributed by atoms with van der Waals surface area (Å²) in [6.07, 6.45) is 0.708. The van der Waals surface area contributed by atoms with E-state index < -0.39 is 0 Å². The molecule has 0 unspecified atom stereocenters. The highest BCUT2D eigenvalue weighted by Crippen LogP contribution is 2.35. The molecule has 4 nitrogen and oxygen atoms in total. The molecule has 1 aromatic heterocycles. The summed E-state index contributed by atoms with van der Waals surface area (Å²) in [5, 5.41) is 0.993. The van der Waals surface area contributed by atoms with Crippen molar-refractivity contribution in [3.05, 3.63) is 22.8 Å². The minimum absolute atomic E-state index is 0.302. The average Bonchev–Trinajstić information content (AvgIpc) is 2.62. The number of aromatic nitrogens is 1. The van der Waals surface area contributed by atoms with Gasteiger partial charge in [0.15, 0.2) is 6.29 Å². The van der Waals surface area contributed by atoms with Crippen molar-refractivity contribution in [1.29, 1.82) is 0 Å². The fourth-order valence-corrected chi connectivity index (χ4v) is 1.86. The molecule has 0 amide bonds. The summed E-state index contributed by atoms with van der Waals surface area (Å²) in [6.45, 7) is 0. The molecule has 0 atom stereocenters. The van der Waals surface area contributed by atoms with Crippen molar-refractivity contribution in [2.45, 2.75) is 0 Å². The number of fused-ring (bicyclic) bond motifs is 1. The van der Waals surface area contributed by atoms with Gasteiger partial charge < -0.3 is 14.5 Å². The molecule has 5 heteroatoms. The third-order valence-electron chi connectivity index (χ3n) is 2.41. The zero-order valence-corrected chi connectivity index (χ0v) is 9.59. The molecular formula is C11H10ClNO3. The van der Waals surface area contributed by atoms with Gasteiger partial charge in [-0.3, -0.25) is 4.79 Å². The summed E-state index contributed by atoms with van der Waals surface area (Å²) in [7, 11) is 3.10. The largest absolute Gasteiger partial charge is 0.497 e. The quantitative estimate of drug-likeness (QED) is 0.838. The Labute approximate surface area is 97.1 Å². The molecule has 2 rings (SSSR count). The number of aromatic amines is 1. The van der Waals surface area contributed by atoms with Gasteiger partial charge in [-0.2, -0.15) is 0 Å². The Morgan fingerprint density at radius 2 is 2.06 bits per heavy atom. The third kappa shape index (κ3) is 1.51. The third-order valence-corrected chi connectivity index (χ3v) is 2.71. The number of carbonyl (C=O) groups excluding carboxylic acids is 1. The Morgan fingerprint density at radius 3 is 2.62 bits per heavy atom. The number of halogens is 1. The molecular weight excluding hydrogens is 230 g/mol. The summed E-state index contributed by atoms with van der Waals surface area (Å²) in [5.74, 6) is 1.20. The van der Waals surface area contributed by atoms with Gasteiger partial charge in [-0.1, -0.05) is 11.6 Å². The Kier molecular flexibility index (Phi) is 2.75. The minimum Gasteiger partial charge on any atom is -0.497 e. The first-order valence-electron chi connectivity index (χ1n) is 4.59. The van der Waals surface area contributed by atoms with E-state index in [1.807, 2.05) is 0 Å². The smallest absolute Gasteiger partial charge is 0.153 e. The maximum atomic E-state index is 10.9. The first-order valence-corrected chi connectivity index (χ1v) is 4.97. The standard InChI is InChI=1S/C11H10ClNO3/c1-15-6-3-7-8(5-14)11(12)13-10(7)9(4-6)16-2/h3-5,13H,1-2H3. The van der Waals surface area contributed by atoms with E-state index in [0.717, 1.165) is 0 Å². The van der Waals surface area contributed by atoms with E-state index in [1.54, 1.807) is 26.4 Å². The summed E-state index contributed by atoms with van der Waals surface area (Å²) in [6, 6.07) is 3.47. The molecule has 0 spiro atoms. The predicted octanol–water partition coefficient (Wildman–Crippen LogP) is 2.65. The Hall–Kier alpha value is -1.68. The molecule has 0 bridgehead atoms. The van der Waals surface area contributed by atoms with Gasteiger partial charge >= 0.3 is 0 Å². The van der Waals surface area contributed by atoms with Crippen molar-refractivity contribution in [3.8, 4) is 11.5 Å². The molecule has 0 fully saturated rings. The van der Waals surface area contributed by atoms with Gasteiger partial charge in [-0.25, -0.2) is 0 Å². The van der Waals surface area contributed by atoms with Crippen LogP contribution in [-0.2, 0) is 0 Å². The van der Waals surface area contributed by atoms with E-state index in [9.17, 15) is 4.79 Å². The zero-order valence-electron chi connectivity index (χ0n) is 8.83. The molecule has 0 aliphatic carbocycles. The highest BCUT2D eigenvalue weighted by atomic mass is 35.5. The maximum Gasteiger partial charge on any atom is 0.153 e. The zero-order chi connectivity index (χ0) is 11.7. The van der Waals surface area contributed by atoms with Crippen molar-refractivity contribution in [2.75, 3.05) is 14.2 Å². The molecule has 0 saturated carbocycles. The van der Waals surface area contributed by atoms with Gasteiger partial charge in [0, 0.05) is 11.5 Å². The second-order valence-electron chi connectivity index (χ2n) is 3.22. The van der Waals surface area contributed by atoms with Crippen LogP contribution in [0.15, 0.2) is 12.1 Å². The van der Waals surface area contributed by atoms with Crippen LogP contribution in [0, 0.1) is 0 Å². The molecule has 0 saturated heterocycles. The predicted molar refractivity (Wildman–Crippen MR) is 61.8 cm³/mol. The number of rotatable bonds is 3. The van der Waals surface area contributed by atoms with Crippen molar-refractivity contribution < 1.29 is 14.3 Å². The molecule has 84 valence electrons. The summed E-state index contributed by atoms with van der Waals surface area (Å²) in [5.41, 5.74) is 1.10. The van der Waals surface area contributed by atoms with Crippen molar-refractivity contribution in [3.63, 3.8) is 0 Å². The average molecular weight is 240 g/mol. The van der Waals surface area contributed by atoms with Crippen LogP contribution in [0.3, 0.4) is 0 Å². The lowest BCUT2D eigenvalue weighted by molar-refractivity contribution is 0.112. The van der Waals surface area contributed by atoms with E-state index in [0.29, 0.717) is 39.4 Å². The minimum atomic E-state index is 0.302. The van der Waals surface area contributed by atoms with Crippen LogP contribution >= 0.6 is 11.6 Å². The highest BCUT2D eigenvalue weighted by molar-refractivity contribution is 6.34. The summed E-state index contributed by atoms with van der Waals surface area (Å²) < 4.78 is 10.3. The lowest BCUT2D eigenvalue weighted by Gasteiger charge is -2.05. The lowest BCUT2D eigenvalue weighted by Crippen LogP contribution is -1.88. The van der Waals surface area contributed by atoms with Crippen LogP contribution in [0.4, 0.5) is 0 Å². The van der Waals surface area contributed by atoms with Gasteiger partial charge in [0.05, 0.1) is 25.3 Å². The Morgan fingerprint density at radius 1 is 1.31 bits per heavy atom. The highest BCUT2D eigenvalue weighted by Gasteiger charge is 2.14. The first-order chi connectivity index (χ1) is 7.71. The fraction of sp³-hybridized carbons (Fsp3) is 0.182. The van der Waals surface area contributed by atoms with Crippen LogP contribution in [0.2, 0.25) is 5.15 Å². The lowest BCUT2D eigenvalue weighted by atomic mass is 10.1. The number of methoxy groups -OCH3 is 2. The van der Waals surface area contributed by atoms with Crippen molar-refractivity contribution in [2.24, 2.45) is 0 Å². The number of hydrogen-bond donors (Lipinski definition) is 1. The molecule has 1 aromatic carbocycles. The van der Waals surface area contributed by atoms with E-state index >= 15 is 0 Å². The molecule has 1 heterocycles. The van der Waals surface area contributed by atoms with Crippen LogP contribution < -0.4 is 9.47 Å². The molecule has 2 aromatic rings. The van der Waals surface area contributed by atoms with Gasteiger partial charge in [0.2, 0.25) is 0 Å². The summed E-state index contributed by atoms with van der Waals surface area (Å²) in [4.78, 5) is 13.8. The monoisotopic (exact) mass is 239 g/mol. The molecule has 1 N–H and O–H groups in total. The summed E-state index contributed by atoms with van der Waals surface area (Å²) >= 11 is 5.91. The van der Waals surface area contributed by atoms with Crippen LogP contribution in [-0.4, -0.2) is 25.5 Å². The van der Waals surface area contributed by atoms with Gasteiger partial charge in [-0.05, 0) is 6.07 Å². The number of hydrogen-bond acceptors (Lipinski definition) is 3. The SMILES string of the molecule is COc1cc(OC)c2[nH]c(Cl)c(C=O)c2c1. The number of H-pyrrole nitrogens is 1. The molecule has 0 aliphatic heterocycles. The molecule has 0 radical (unpaired) electrons. The Balaban J connectivity index is 2.83. The van der Waals surface area contributed by atoms with Crippen LogP contribution in [0.5, 0.6) is 11.5 Å². The van der Waals surface area contributed by atoms with Gasteiger partial charge in [0.25, 0.3) is 0 Å². The van der Waals surface area contributed by atoms with E-state index in [2.05, 4.69) is 4.98 Å². The Bertz CT molecular complexity index is 548. The van der Waals surface area contributed by atoms with Crippen molar-refractivity contribution >= 4 is 28.8 Å². The van der Waals surface area contributed by atoms with Crippen LogP contribution in [0.1, 0.15) is 10.4 Å². The maximum absolute atomic E-state index is 10.9.